The summed E-state index contributed by atoms with van der Waals surface area (Å²) in [4.78, 5) is 10.3. The van der Waals surface area contributed by atoms with Gasteiger partial charge in [-0.05, 0) is 32.1 Å². The van der Waals surface area contributed by atoms with Gasteiger partial charge in [-0.2, -0.15) is 0 Å². The number of rotatable bonds is 14. The Kier molecular flexibility index (Phi) is 15.1. The first-order valence-electron chi connectivity index (χ1n) is 8.80. The van der Waals surface area contributed by atoms with Crippen LogP contribution in [0.1, 0.15) is 58.3 Å². The van der Waals surface area contributed by atoms with Crippen molar-refractivity contribution < 1.29 is 20.1 Å². The number of hydrogen-bond acceptors (Lipinski definition) is 3. The SMILES string of the molecule is CCCCC/C=C\CC(O)/[13CH]=[13CH]/C=C/[13CH]=[13CH]\C(O)CCCC(=O)O. The molecule has 136 valence electrons. The Morgan fingerprint density at radius 1 is 0.917 bits per heavy atom. The maximum absolute atomic E-state index is 10.3. The summed E-state index contributed by atoms with van der Waals surface area (Å²) >= 11 is 0. The normalized spacial score (nSPS) is 15.1. The number of carboxylic acid groups (broad SMARTS) is 1. The third kappa shape index (κ3) is 16.7. The van der Waals surface area contributed by atoms with E-state index >= 15 is 0 Å². The van der Waals surface area contributed by atoms with Crippen molar-refractivity contribution in [1.82, 2.24) is 0 Å². The molecule has 24 heavy (non-hydrogen) atoms. The number of aliphatic hydroxyl groups is 2. The fourth-order valence-corrected chi connectivity index (χ4v) is 2.02. The number of allylic oxidation sites excluding steroid dienone is 5. The number of hydrogen-bond donors (Lipinski definition) is 3. The molecule has 4 nitrogen and oxygen atoms in total. The maximum Gasteiger partial charge on any atom is 0.303 e. The van der Waals surface area contributed by atoms with E-state index in [1.165, 1.54) is 19.3 Å². The molecule has 0 amide bonds. The van der Waals surface area contributed by atoms with Gasteiger partial charge in [0.1, 0.15) is 0 Å². The summed E-state index contributed by atoms with van der Waals surface area (Å²) in [6.45, 7) is 2.18. The monoisotopic (exact) mass is 340 g/mol. The molecule has 0 spiro atoms. The summed E-state index contributed by atoms with van der Waals surface area (Å²) in [6, 6.07) is 0. The van der Waals surface area contributed by atoms with Gasteiger partial charge >= 0.3 is 5.97 Å². The molecule has 0 heterocycles. The van der Waals surface area contributed by atoms with Gasteiger partial charge in [-0.1, -0.05) is 68.4 Å². The van der Waals surface area contributed by atoms with Crippen LogP contribution < -0.4 is 0 Å². The van der Waals surface area contributed by atoms with Gasteiger partial charge in [0, 0.05) is 6.42 Å². The van der Waals surface area contributed by atoms with Gasteiger partial charge in [0.25, 0.3) is 0 Å². The zero-order valence-corrected chi connectivity index (χ0v) is 14.7. The van der Waals surface area contributed by atoms with Crippen molar-refractivity contribution in [3.63, 3.8) is 0 Å². The summed E-state index contributed by atoms with van der Waals surface area (Å²) in [5, 5.41) is 27.9. The van der Waals surface area contributed by atoms with E-state index in [4.69, 9.17) is 5.11 Å². The van der Waals surface area contributed by atoms with Crippen molar-refractivity contribution in [1.29, 1.82) is 0 Å². The van der Waals surface area contributed by atoms with Crippen molar-refractivity contribution in [2.45, 2.75) is 70.5 Å². The highest BCUT2D eigenvalue weighted by atomic mass is 16.4. The Bertz CT molecular complexity index is 421. The van der Waals surface area contributed by atoms with Crippen LogP contribution in [0.15, 0.2) is 48.6 Å². The summed E-state index contributed by atoms with van der Waals surface area (Å²) in [6.07, 6.45) is 19.8. The lowest BCUT2D eigenvalue weighted by molar-refractivity contribution is -0.137. The first kappa shape index (κ1) is 22.4. The number of carboxylic acids is 1. The third-order valence-electron chi connectivity index (χ3n) is 3.41. The van der Waals surface area contributed by atoms with Crippen LogP contribution in [0.2, 0.25) is 0 Å². The first-order valence-corrected chi connectivity index (χ1v) is 8.80. The minimum absolute atomic E-state index is 0.0778. The van der Waals surface area contributed by atoms with Crippen LogP contribution in [-0.4, -0.2) is 33.5 Å². The van der Waals surface area contributed by atoms with Gasteiger partial charge in [-0.25, -0.2) is 0 Å². The summed E-state index contributed by atoms with van der Waals surface area (Å²) in [5.41, 5.74) is 0. The summed E-state index contributed by atoms with van der Waals surface area (Å²) in [5.74, 6) is -0.842. The molecule has 2 atom stereocenters. The summed E-state index contributed by atoms with van der Waals surface area (Å²) in [7, 11) is 0. The zero-order valence-electron chi connectivity index (χ0n) is 14.7. The Hall–Kier alpha value is -1.65. The molecule has 0 aromatic carbocycles. The minimum atomic E-state index is -0.842. The predicted octanol–water partition coefficient (Wildman–Crippen LogP) is 4.16. The smallest absolute Gasteiger partial charge is 0.303 e. The van der Waals surface area contributed by atoms with E-state index in [0.717, 1.165) is 6.42 Å². The van der Waals surface area contributed by atoms with E-state index in [1.54, 1.807) is 36.5 Å². The van der Waals surface area contributed by atoms with Crippen molar-refractivity contribution in [2.75, 3.05) is 0 Å². The standard InChI is InChI=1S/C20H32O4/c1-2-3-4-5-6-9-13-18(21)14-10-7-8-11-15-19(22)16-12-17-20(23)24/h6-11,14-15,18-19,21-22H,2-5,12-13,16-17H2,1H3,(H,23,24)/b8-7+,9-6-,14-10+,15-11-/i10+1,11+1,14+1,15+1. The highest BCUT2D eigenvalue weighted by Crippen LogP contribution is 2.03. The largest absolute Gasteiger partial charge is 0.481 e. The number of carbonyl (C=O) groups is 1. The molecule has 0 aliphatic carbocycles. The lowest BCUT2D eigenvalue weighted by atomic mass is 10.2. The molecule has 0 radical (unpaired) electrons. The molecule has 4 heteroatoms. The molecular formula is C20H32O4. The van der Waals surface area contributed by atoms with E-state index < -0.39 is 18.2 Å². The van der Waals surface area contributed by atoms with Crippen molar-refractivity contribution in [2.24, 2.45) is 0 Å². The number of aliphatic carboxylic acids is 1. The quantitative estimate of drug-likeness (QED) is 0.192. The highest BCUT2D eigenvalue weighted by Gasteiger charge is 2.01. The van der Waals surface area contributed by atoms with Crippen molar-refractivity contribution in [3.05, 3.63) is 48.6 Å². The highest BCUT2D eigenvalue weighted by molar-refractivity contribution is 5.66. The average Bonchev–Trinajstić information content (AvgIpc) is 2.53. The first-order chi connectivity index (χ1) is 11.6. The number of unbranched alkanes of at least 4 members (excludes halogenated alkanes) is 3. The van der Waals surface area contributed by atoms with E-state index in [9.17, 15) is 15.0 Å². The molecule has 0 saturated heterocycles. The molecule has 0 saturated carbocycles. The number of aliphatic hydroxyl groups excluding tert-OH is 2. The van der Waals surface area contributed by atoms with Crippen LogP contribution >= 0.6 is 0 Å². The molecule has 0 rings (SSSR count). The third-order valence-corrected chi connectivity index (χ3v) is 3.41. The maximum atomic E-state index is 10.3. The van der Waals surface area contributed by atoms with Gasteiger partial charge < -0.3 is 15.3 Å². The fraction of sp³-hybridized carbons (Fsp3) is 0.550. The van der Waals surface area contributed by atoms with E-state index in [2.05, 4.69) is 13.0 Å². The van der Waals surface area contributed by atoms with Gasteiger partial charge in [0.05, 0.1) is 12.2 Å². The molecule has 0 fully saturated rings. The van der Waals surface area contributed by atoms with E-state index in [0.29, 0.717) is 19.3 Å². The second-order valence-electron chi connectivity index (χ2n) is 5.78. The molecule has 0 aliphatic rings. The Balaban J connectivity index is 3.81. The molecular weight excluding hydrogens is 308 g/mol. The van der Waals surface area contributed by atoms with Crippen LogP contribution in [0, 0.1) is 0 Å². The molecule has 0 aliphatic heterocycles. The molecule has 0 bridgehead atoms. The fourth-order valence-electron chi connectivity index (χ4n) is 2.02. The van der Waals surface area contributed by atoms with E-state index in [-0.39, 0.29) is 6.42 Å². The van der Waals surface area contributed by atoms with Crippen LogP contribution in [-0.2, 0) is 4.79 Å². The molecule has 0 aromatic heterocycles. The average molecular weight is 340 g/mol. The van der Waals surface area contributed by atoms with Gasteiger partial charge in [-0.15, -0.1) is 0 Å². The minimum Gasteiger partial charge on any atom is -0.481 e. The Morgan fingerprint density at radius 2 is 1.58 bits per heavy atom. The lowest BCUT2D eigenvalue weighted by Gasteiger charge is -2.02. The second kappa shape index (κ2) is 16.2. The Labute approximate surface area is 145 Å². The Morgan fingerprint density at radius 3 is 2.21 bits per heavy atom. The topological polar surface area (TPSA) is 77.8 Å². The lowest BCUT2D eigenvalue weighted by Crippen LogP contribution is -2.03. The second-order valence-corrected chi connectivity index (χ2v) is 5.78. The van der Waals surface area contributed by atoms with Crippen LogP contribution in [0.5, 0.6) is 0 Å². The zero-order chi connectivity index (χ0) is 18.0. The van der Waals surface area contributed by atoms with Crippen molar-refractivity contribution >= 4 is 5.97 Å². The van der Waals surface area contributed by atoms with Gasteiger partial charge in [-0.3, -0.25) is 4.79 Å². The van der Waals surface area contributed by atoms with E-state index in [1.807, 2.05) is 6.08 Å². The molecule has 3 N–H and O–H groups in total. The van der Waals surface area contributed by atoms with Gasteiger partial charge in [0.15, 0.2) is 0 Å². The molecule has 2 unspecified atom stereocenters. The predicted molar refractivity (Wildman–Crippen MR) is 98.8 cm³/mol. The summed E-state index contributed by atoms with van der Waals surface area (Å²) < 4.78 is 0. The van der Waals surface area contributed by atoms with Crippen LogP contribution in [0.3, 0.4) is 0 Å². The molecule has 0 aromatic rings. The van der Waals surface area contributed by atoms with Crippen molar-refractivity contribution in [3.8, 4) is 0 Å². The van der Waals surface area contributed by atoms with Crippen LogP contribution in [0.4, 0.5) is 0 Å². The van der Waals surface area contributed by atoms with Gasteiger partial charge in [0.2, 0.25) is 0 Å². The van der Waals surface area contributed by atoms with Crippen LogP contribution in [0.25, 0.3) is 0 Å².